The standard InChI is InChI=1S/C11H15N3O5/c1-18-10-5-8(4-9(6-10)14(16)17)7-13-2-3-19-11(12)15/h4-6,13H,2-3,7H2,1H3,(H2,12,15). The fourth-order valence-electron chi connectivity index (χ4n) is 1.43. The summed E-state index contributed by atoms with van der Waals surface area (Å²) in [5, 5.41) is 13.7. The first-order chi connectivity index (χ1) is 9.02. The maximum Gasteiger partial charge on any atom is 0.404 e. The molecule has 19 heavy (non-hydrogen) atoms. The molecular weight excluding hydrogens is 254 g/mol. The molecule has 8 nitrogen and oxygen atoms in total. The monoisotopic (exact) mass is 269 g/mol. The molecule has 1 rings (SSSR count). The van der Waals surface area contributed by atoms with E-state index in [1.807, 2.05) is 0 Å². The van der Waals surface area contributed by atoms with Crippen LogP contribution < -0.4 is 15.8 Å². The van der Waals surface area contributed by atoms with Crippen molar-refractivity contribution in [1.29, 1.82) is 0 Å². The number of nitro groups is 1. The highest BCUT2D eigenvalue weighted by molar-refractivity contribution is 5.64. The van der Waals surface area contributed by atoms with E-state index in [9.17, 15) is 14.9 Å². The average molecular weight is 269 g/mol. The summed E-state index contributed by atoms with van der Waals surface area (Å²) in [5.41, 5.74) is 5.46. The quantitative estimate of drug-likeness (QED) is 0.429. The lowest BCUT2D eigenvalue weighted by atomic mass is 10.2. The number of nitrogens with two attached hydrogens (primary N) is 1. The third-order valence-corrected chi connectivity index (χ3v) is 2.25. The van der Waals surface area contributed by atoms with Gasteiger partial charge in [-0.05, 0) is 11.6 Å². The van der Waals surface area contributed by atoms with Crippen molar-refractivity contribution in [2.24, 2.45) is 5.73 Å². The first-order valence-corrected chi connectivity index (χ1v) is 5.48. The molecule has 8 heteroatoms. The van der Waals surface area contributed by atoms with Gasteiger partial charge in [-0.1, -0.05) is 0 Å². The van der Waals surface area contributed by atoms with Crippen molar-refractivity contribution in [3.63, 3.8) is 0 Å². The summed E-state index contributed by atoms with van der Waals surface area (Å²) in [6.45, 7) is 0.926. The number of nitrogens with zero attached hydrogens (tertiary/aromatic N) is 1. The highest BCUT2D eigenvalue weighted by Gasteiger charge is 2.09. The molecule has 0 saturated heterocycles. The smallest absolute Gasteiger partial charge is 0.404 e. The third kappa shape index (κ3) is 5.21. The van der Waals surface area contributed by atoms with Gasteiger partial charge in [-0.15, -0.1) is 0 Å². The van der Waals surface area contributed by atoms with Gasteiger partial charge in [0.1, 0.15) is 12.4 Å². The van der Waals surface area contributed by atoms with E-state index in [0.717, 1.165) is 0 Å². The van der Waals surface area contributed by atoms with Gasteiger partial charge in [0.15, 0.2) is 0 Å². The Bertz CT molecular complexity index is 464. The van der Waals surface area contributed by atoms with Crippen molar-refractivity contribution in [3.8, 4) is 5.75 Å². The molecule has 0 saturated carbocycles. The summed E-state index contributed by atoms with van der Waals surface area (Å²) in [5.74, 6) is 0.416. The highest BCUT2D eigenvalue weighted by Crippen LogP contribution is 2.22. The number of nitrogens with one attached hydrogen (secondary N) is 1. The maximum atomic E-state index is 10.7. The minimum Gasteiger partial charge on any atom is -0.496 e. The molecule has 0 heterocycles. The molecule has 0 fully saturated rings. The molecule has 0 atom stereocenters. The van der Waals surface area contributed by atoms with Gasteiger partial charge in [0, 0.05) is 19.2 Å². The number of benzene rings is 1. The summed E-state index contributed by atoms with van der Waals surface area (Å²) in [6, 6.07) is 4.49. The molecule has 3 N–H and O–H groups in total. The first kappa shape index (κ1) is 14.7. The molecular formula is C11H15N3O5. The minimum atomic E-state index is -0.834. The molecule has 1 aromatic carbocycles. The summed E-state index contributed by atoms with van der Waals surface area (Å²) in [7, 11) is 1.44. The Hall–Kier alpha value is -2.35. The number of amides is 1. The number of rotatable bonds is 7. The van der Waals surface area contributed by atoms with Crippen LogP contribution in [0.25, 0.3) is 0 Å². The zero-order chi connectivity index (χ0) is 14.3. The Labute approximate surface area is 109 Å². The number of carbonyl (C=O) groups is 1. The predicted octanol–water partition coefficient (Wildman–Crippen LogP) is 0.788. The second-order valence-electron chi connectivity index (χ2n) is 3.64. The molecule has 104 valence electrons. The van der Waals surface area contributed by atoms with Crippen LogP contribution in [0.15, 0.2) is 18.2 Å². The zero-order valence-electron chi connectivity index (χ0n) is 10.4. The minimum absolute atomic E-state index is 0.0375. The maximum absolute atomic E-state index is 10.7. The number of carbonyl (C=O) groups excluding carboxylic acids is 1. The van der Waals surface area contributed by atoms with Crippen LogP contribution >= 0.6 is 0 Å². The molecule has 0 unspecified atom stereocenters. The van der Waals surface area contributed by atoms with Crippen LogP contribution in [0.5, 0.6) is 5.75 Å². The number of nitro benzene ring substituents is 1. The fraction of sp³-hybridized carbons (Fsp3) is 0.364. The van der Waals surface area contributed by atoms with E-state index in [1.165, 1.54) is 19.2 Å². The number of methoxy groups -OCH3 is 1. The Morgan fingerprint density at radius 1 is 1.47 bits per heavy atom. The molecule has 0 aliphatic rings. The number of non-ortho nitro benzene ring substituents is 1. The Morgan fingerprint density at radius 3 is 2.79 bits per heavy atom. The lowest BCUT2D eigenvalue weighted by Crippen LogP contribution is -2.23. The van der Waals surface area contributed by atoms with E-state index < -0.39 is 11.0 Å². The second-order valence-corrected chi connectivity index (χ2v) is 3.64. The van der Waals surface area contributed by atoms with E-state index in [-0.39, 0.29) is 12.3 Å². The molecule has 0 bridgehead atoms. The summed E-state index contributed by atoms with van der Waals surface area (Å²) >= 11 is 0. The Morgan fingerprint density at radius 2 is 2.21 bits per heavy atom. The van der Waals surface area contributed by atoms with Crippen molar-refractivity contribution in [2.75, 3.05) is 20.3 Å². The SMILES string of the molecule is COc1cc(CNCCOC(N)=O)cc([N+](=O)[O-])c1. The Balaban J connectivity index is 2.55. The van der Waals surface area contributed by atoms with Crippen LogP contribution in [0.2, 0.25) is 0 Å². The van der Waals surface area contributed by atoms with Gasteiger partial charge >= 0.3 is 6.09 Å². The molecule has 1 amide bonds. The number of primary amides is 1. The predicted molar refractivity (Wildman–Crippen MR) is 66.9 cm³/mol. The van der Waals surface area contributed by atoms with Crippen molar-refractivity contribution in [3.05, 3.63) is 33.9 Å². The Kier molecular flexibility index (Phi) is 5.55. The zero-order valence-corrected chi connectivity index (χ0v) is 10.4. The molecule has 0 aliphatic carbocycles. The van der Waals surface area contributed by atoms with E-state index in [4.69, 9.17) is 10.5 Å². The van der Waals surface area contributed by atoms with Crippen molar-refractivity contribution in [1.82, 2.24) is 5.32 Å². The molecule has 0 aromatic heterocycles. The van der Waals surface area contributed by atoms with Crippen LogP contribution in [0.4, 0.5) is 10.5 Å². The van der Waals surface area contributed by atoms with Crippen LogP contribution in [0.3, 0.4) is 0 Å². The summed E-state index contributed by atoms with van der Waals surface area (Å²) in [4.78, 5) is 20.6. The molecule has 1 aromatic rings. The third-order valence-electron chi connectivity index (χ3n) is 2.25. The van der Waals surface area contributed by atoms with Crippen molar-refractivity contribution >= 4 is 11.8 Å². The van der Waals surface area contributed by atoms with Gasteiger partial charge < -0.3 is 20.5 Å². The highest BCUT2D eigenvalue weighted by atomic mass is 16.6. The van der Waals surface area contributed by atoms with E-state index in [1.54, 1.807) is 6.07 Å². The topological polar surface area (TPSA) is 117 Å². The van der Waals surface area contributed by atoms with Crippen LogP contribution in [0.1, 0.15) is 5.56 Å². The van der Waals surface area contributed by atoms with Crippen LogP contribution in [-0.4, -0.2) is 31.3 Å². The van der Waals surface area contributed by atoms with Crippen LogP contribution in [0, 0.1) is 10.1 Å². The van der Waals surface area contributed by atoms with Gasteiger partial charge in [0.25, 0.3) is 5.69 Å². The van der Waals surface area contributed by atoms with Gasteiger partial charge in [-0.25, -0.2) is 4.79 Å². The lowest BCUT2D eigenvalue weighted by Gasteiger charge is -2.07. The summed E-state index contributed by atoms with van der Waals surface area (Å²) < 4.78 is 9.52. The van der Waals surface area contributed by atoms with E-state index in [0.29, 0.717) is 24.4 Å². The fourth-order valence-corrected chi connectivity index (χ4v) is 1.43. The average Bonchev–Trinajstić information content (AvgIpc) is 2.37. The second kappa shape index (κ2) is 7.17. The molecule has 0 aliphatic heterocycles. The number of hydrogen-bond donors (Lipinski definition) is 2. The van der Waals surface area contributed by atoms with Crippen molar-refractivity contribution < 1.29 is 19.2 Å². The van der Waals surface area contributed by atoms with Crippen molar-refractivity contribution in [2.45, 2.75) is 6.54 Å². The van der Waals surface area contributed by atoms with E-state index >= 15 is 0 Å². The van der Waals surface area contributed by atoms with Gasteiger partial charge in [-0.2, -0.15) is 0 Å². The lowest BCUT2D eigenvalue weighted by molar-refractivity contribution is -0.385. The first-order valence-electron chi connectivity index (χ1n) is 5.48. The summed E-state index contributed by atoms with van der Waals surface area (Å²) in [6.07, 6.45) is -0.834. The van der Waals surface area contributed by atoms with Gasteiger partial charge in [-0.3, -0.25) is 10.1 Å². The van der Waals surface area contributed by atoms with Crippen LogP contribution in [-0.2, 0) is 11.3 Å². The van der Waals surface area contributed by atoms with Gasteiger partial charge in [0.2, 0.25) is 0 Å². The number of hydrogen-bond acceptors (Lipinski definition) is 6. The normalized spacial score (nSPS) is 9.95. The van der Waals surface area contributed by atoms with E-state index in [2.05, 4.69) is 10.1 Å². The molecule has 0 spiro atoms. The van der Waals surface area contributed by atoms with Gasteiger partial charge in [0.05, 0.1) is 18.1 Å². The molecule has 0 radical (unpaired) electrons. The largest absolute Gasteiger partial charge is 0.496 e. The number of ether oxygens (including phenoxy) is 2.